The Morgan fingerprint density at radius 1 is 0.964 bits per heavy atom. The highest BCUT2D eigenvalue weighted by molar-refractivity contribution is 7.65. The molecule has 0 saturated carbocycles. The van der Waals surface area contributed by atoms with Gasteiger partial charge in [-0.1, -0.05) is 72.0 Å². The lowest BCUT2D eigenvalue weighted by Gasteiger charge is -2.21. The molecule has 1 N–H and O–H groups in total. The predicted octanol–water partition coefficient (Wildman–Crippen LogP) is 5.38. The number of nitrogens with one attached hydrogen (secondary N) is 1. The molecule has 3 nitrogen and oxygen atoms in total. The molecule has 0 fully saturated rings. The molecule has 0 aliphatic carbocycles. The van der Waals surface area contributed by atoms with Gasteiger partial charge >= 0.3 is 7.52 Å². The van der Waals surface area contributed by atoms with E-state index in [0.29, 0.717) is 29.0 Å². The molecule has 1 unspecified atom stereocenters. The number of hydrogen-bond donors (Lipinski definition) is 1. The third kappa shape index (κ3) is 5.35. The first-order valence-electron chi connectivity index (χ1n) is 9.01. The maximum Gasteiger partial charge on any atom is 0.301 e. The van der Waals surface area contributed by atoms with Gasteiger partial charge in [-0.05, 0) is 42.8 Å². The number of hydrogen-bond acceptors (Lipinski definition) is 2. The van der Waals surface area contributed by atoms with Crippen LogP contribution in [0.25, 0.3) is 0 Å². The molecule has 3 rings (SSSR count). The average molecular weight is 410 g/mol. The van der Waals surface area contributed by atoms with E-state index in [1.807, 2.05) is 67.6 Å². The van der Waals surface area contributed by atoms with E-state index in [4.69, 9.17) is 16.1 Å². The van der Waals surface area contributed by atoms with Gasteiger partial charge in [0.05, 0.1) is 11.9 Å². The topological polar surface area (TPSA) is 38.3 Å². The summed E-state index contributed by atoms with van der Waals surface area (Å²) in [6.45, 7) is 2.53. The van der Waals surface area contributed by atoms with Crippen molar-refractivity contribution in [1.82, 2.24) is 5.09 Å². The molecule has 28 heavy (non-hydrogen) atoms. The van der Waals surface area contributed by atoms with Crippen molar-refractivity contribution < 1.29 is 9.09 Å². The zero-order chi connectivity index (χ0) is 19.8. The Balaban J connectivity index is 1.96. The molecule has 142 valence electrons. The van der Waals surface area contributed by atoms with Crippen molar-refractivity contribution in [3.8, 4) is 11.8 Å². The summed E-state index contributed by atoms with van der Waals surface area (Å²) < 4.78 is 19.4. The van der Waals surface area contributed by atoms with Crippen LogP contribution in [0, 0.1) is 11.8 Å². The van der Waals surface area contributed by atoms with E-state index in [2.05, 4.69) is 16.9 Å². The molecule has 0 bridgehead atoms. The van der Waals surface area contributed by atoms with Crippen LogP contribution in [0.2, 0.25) is 5.02 Å². The highest BCUT2D eigenvalue weighted by Crippen LogP contribution is 2.43. The van der Waals surface area contributed by atoms with Crippen molar-refractivity contribution in [3.05, 3.63) is 101 Å². The second-order valence-electron chi connectivity index (χ2n) is 6.07. The molecule has 0 amide bonds. The monoisotopic (exact) mass is 409 g/mol. The fourth-order valence-corrected chi connectivity index (χ4v) is 4.85. The molecule has 3 aromatic rings. The van der Waals surface area contributed by atoms with Crippen LogP contribution in [0.4, 0.5) is 0 Å². The zero-order valence-corrected chi connectivity index (χ0v) is 17.2. The zero-order valence-electron chi connectivity index (χ0n) is 15.6. The van der Waals surface area contributed by atoms with Crippen LogP contribution in [0.3, 0.4) is 0 Å². The van der Waals surface area contributed by atoms with E-state index in [1.165, 1.54) is 0 Å². The van der Waals surface area contributed by atoms with Crippen molar-refractivity contribution in [1.29, 1.82) is 0 Å². The van der Waals surface area contributed by atoms with Crippen LogP contribution < -0.4 is 10.4 Å². The molecule has 1 atom stereocenters. The summed E-state index contributed by atoms with van der Waals surface area (Å²) in [6.07, 6.45) is 0. The third-order valence-corrected chi connectivity index (χ3v) is 6.47. The first kappa shape index (κ1) is 20.4. The number of benzene rings is 3. The van der Waals surface area contributed by atoms with E-state index in [0.717, 1.165) is 11.1 Å². The quantitative estimate of drug-likeness (QED) is 0.438. The Bertz CT molecular complexity index is 1030. The molecule has 0 saturated heterocycles. The van der Waals surface area contributed by atoms with Crippen LogP contribution in [0.5, 0.6) is 0 Å². The van der Waals surface area contributed by atoms with Gasteiger partial charge in [0.1, 0.15) is 0 Å². The van der Waals surface area contributed by atoms with Crippen molar-refractivity contribution in [2.75, 3.05) is 6.61 Å². The summed E-state index contributed by atoms with van der Waals surface area (Å²) in [5.41, 5.74) is 2.53. The Labute approximate surface area is 171 Å². The van der Waals surface area contributed by atoms with Gasteiger partial charge < -0.3 is 4.52 Å². The maximum absolute atomic E-state index is 13.7. The second-order valence-corrected chi connectivity index (χ2v) is 8.66. The minimum Gasteiger partial charge on any atom is -0.315 e. The minimum atomic E-state index is -3.36. The van der Waals surface area contributed by atoms with Crippen molar-refractivity contribution in [2.24, 2.45) is 0 Å². The Kier molecular flexibility index (Phi) is 7.09. The number of rotatable bonds is 6. The van der Waals surface area contributed by atoms with E-state index < -0.39 is 7.52 Å². The van der Waals surface area contributed by atoms with Crippen LogP contribution in [0.1, 0.15) is 23.6 Å². The normalized spacial score (nSPS) is 12.6. The Hall–Kier alpha value is -2.34. The van der Waals surface area contributed by atoms with Gasteiger partial charge in [0.25, 0.3) is 0 Å². The van der Waals surface area contributed by atoms with Gasteiger partial charge in [-0.25, -0.2) is 5.09 Å². The first-order valence-corrected chi connectivity index (χ1v) is 11.0. The molecule has 5 heteroatoms. The lowest BCUT2D eigenvalue weighted by atomic mass is 10.2. The van der Waals surface area contributed by atoms with E-state index in [-0.39, 0.29) is 0 Å². The standard InChI is InChI=1S/C23H21ClNO2P/c1-2-27-28(26,25-18-20-11-7-4-8-12-20)23-17-22(24)16-15-21(23)14-13-19-9-5-3-6-10-19/h3-12,15-17H,2,18H2,1H3,(H,25,26). The highest BCUT2D eigenvalue weighted by atomic mass is 35.5. The van der Waals surface area contributed by atoms with Crippen LogP contribution >= 0.6 is 19.1 Å². The van der Waals surface area contributed by atoms with Crippen molar-refractivity contribution >= 4 is 24.4 Å². The van der Waals surface area contributed by atoms with Gasteiger partial charge in [0.15, 0.2) is 0 Å². The fraction of sp³-hybridized carbons (Fsp3) is 0.130. The molecule has 0 heterocycles. The van der Waals surface area contributed by atoms with E-state index >= 15 is 0 Å². The Morgan fingerprint density at radius 2 is 1.64 bits per heavy atom. The highest BCUT2D eigenvalue weighted by Gasteiger charge is 2.28. The molecule has 0 spiro atoms. The maximum atomic E-state index is 13.7. The van der Waals surface area contributed by atoms with E-state index in [9.17, 15) is 4.57 Å². The summed E-state index contributed by atoms with van der Waals surface area (Å²) in [6, 6.07) is 24.6. The van der Waals surface area contributed by atoms with Gasteiger partial charge in [0.2, 0.25) is 0 Å². The Morgan fingerprint density at radius 3 is 2.32 bits per heavy atom. The van der Waals surface area contributed by atoms with Crippen LogP contribution in [-0.2, 0) is 15.6 Å². The summed E-state index contributed by atoms with van der Waals surface area (Å²) in [4.78, 5) is 0. The number of halogens is 1. The van der Waals surface area contributed by atoms with Gasteiger partial charge in [0, 0.05) is 22.7 Å². The summed E-state index contributed by atoms with van der Waals surface area (Å²) in [7, 11) is -3.36. The predicted molar refractivity (Wildman–Crippen MR) is 116 cm³/mol. The SMILES string of the molecule is CCOP(=O)(NCc1ccccc1)c1cc(Cl)ccc1C#Cc1ccccc1. The summed E-state index contributed by atoms with van der Waals surface area (Å²) in [5.74, 6) is 6.23. The molecule has 3 aromatic carbocycles. The molecule has 0 aliphatic heterocycles. The molecule has 0 radical (unpaired) electrons. The van der Waals surface area contributed by atoms with Crippen molar-refractivity contribution in [2.45, 2.75) is 13.5 Å². The average Bonchev–Trinajstić information content (AvgIpc) is 2.73. The summed E-state index contributed by atoms with van der Waals surface area (Å²) in [5, 5.41) is 4.08. The largest absolute Gasteiger partial charge is 0.315 e. The van der Waals surface area contributed by atoms with Gasteiger partial charge in [-0.3, -0.25) is 4.57 Å². The summed E-state index contributed by atoms with van der Waals surface area (Å²) >= 11 is 6.20. The molecule has 0 aromatic heterocycles. The smallest absolute Gasteiger partial charge is 0.301 e. The van der Waals surface area contributed by atoms with E-state index in [1.54, 1.807) is 18.2 Å². The fourth-order valence-electron chi connectivity index (χ4n) is 2.69. The van der Waals surface area contributed by atoms with Crippen LogP contribution in [0.15, 0.2) is 78.9 Å². The third-order valence-electron chi connectivity index (χ3n) is 4.04. The van der Waals surface area contributed by atoms with Gasteiger partial charge in [-0.15, -0.1) is 0 Å². The van der Waals surface area contributed by atoms with Crippen LogP contribution in [-0.4, -0.2) is 6.61 Å². The first-order chi connectivity index (χ1) is 13.6. The second kappa shape index (κ2) is 9.73. The lowest BCUT2D eigenvalue weighted by Crippen LogP contribution is -2.23. The molecule has 0 aliphatic rings. The van der Waals surface area contributed by atoms with Gasteiger partial charge in [-0.2, -0.15) is 0 Å². The molecular formula is C23H21ClNO2P. The molecular weight excluding hydrogens is 389 g/mol. The van der Waals surface area contributed by atoms with Crippen molar-refractivity contribution in [3.63, 3.8) is 0 Å². The minimum absolute atomic E-state index is 0.303. The lowest BCUT2D eigenvalue weighted by molar-refractivity contribution is 0.332.